The Bertz CT molecular complexity index is 1240. The monoisotopic (exact) mass is 451 g/mol. The van der Waals surface area contributed by atoms with Crippen LogP contribution in [0.25, 0.3) is 11.0 Å². The van der Waals surface area contributed by atoms with E-state index in [2.05, 4.69) is 27.4 Å². The van der Waals surface area contributed by atoms with E-state index in [4.69, 9.17) is 11.6 Å². The van der Waals surface area contributed by atoms with Gasteiger partial charge in [-0.2, -0.15) is 0 Å². The Morgan fingerprint density at radius 1 is 0.935 bits per heavy atom. The highest BCUT2D eigenvalue weighted by Crippen LogP contribution is 2.36. The summed E-state index contributed by atoms with van der Waals surface area (Å²) in [5, 5.41) is 3.77. The van der Waals surface area contributed by atoms with Crippen molar-refractivity contribution in [3.8, 4) is 0 Å². The van der Waals surface area contributed by atoms with Gasteiger partial charge < -0.3 is 15.3 Å². The summed E-state index contributed by atoms with van der Waals surface area (Å²) in [6, 6.07) is 23.3. The molecule has 31 heavy (non-hydrogen) atoms. The van der Waals surface area contributed by atoms with Gasteiger partial charge in [-0.3, -0.25) is 4.79 Å². The van der Waals surface area contributed by atoms with E-state index in [0.29, 0.717) is 10.8 Å². The van der Waals surface area contributed by atoms with E-state index in [-0.39, 0.29) is 22.9 Å². The number of carbonyl (C=O) groups excluding carboxylic acids is 1. The third kappa shape index (κ3) is 5.21. The van der Waals surface area contributed by atoms with Gasteiger partial charge in [0.05, 0.1) is 28.1 Å². The number of benzene rings is 3. The minimum Gasteiger partial charge on any atom is -0.349 e. The van der Waals surface area contributed by atoms with Crippen molar-refractivity contribution in [2.45, 2.75) is 18.2 Å². The second-order valence-electron chi connectivity index (χ2n) is 7.33. The highest BCUT2D eigenvalue weighted by atomic mass is 35.5. The Kier molecular flexibility index (Phi) is 6.49. The van der Waals surface area contributed by atoms with Gasteiger partial charge in [0.15, 0.2) is 0 Å². The Hall–Kier alpha value is -2.96. The number of halogens is 1. The maximum atomic E-state index is 12.7. The highest BCUT2D eigenvalue weighted by molar-refractivity contribution is 8.00. The number of amides is 1. The Balaban J connectivity index is 1.44. The summed E-state index contributed by atoms with van der Waals surface area (Å²) < 4.78 is 0. The number of aromatic nitrogens is 2. The second kappa shape index (κ2) is 9.45. The molecule has 4 rings (SSSR count). The van der Waals surface area contributed by atoms with Crippen LogP contribution >= 0.6 is 23.4 Å². The predicted molar refractivity (Wildman–Crippen MR) is 128 cm³/mol. The average molecular weight is 452 g/mol. The van der Waals surface area contributed by atoms with Crippen LogP contribution in [0.15, 0.2) is 77.6 Å². The summed E-state index contributed by atoms with van der Waals surface area (Å²) in [6.07, 6.45) is 0. The minimum atomic E-state index is -0.241. The number of thioether (sulfide) groups is 1. The molecule has 3 aromatic carbocycles. The third-order valence-electron chi connectivity index (χ3n) is 5.07. The molecule has 4 aromatic rings. The summed E-state index contributed by atoms with van der Waals surface area (Å²) in [5.74, 6) is 0.269. The van der Waals surface area contributed by atoms with Crippen LogP contribution in [0.2, 0.25) is 5.02 Å². The van der Waals surface area contributed by atoms with E-state index in [0.717, 1.165) is 27.7 Å². The maximum Gasteiger partial charge on any atom is 0.323 e. The van der Waals surface area contributed by atoms with Crippen LogP contribution in [0.5, 0.6) is 0 Å². The van der Waals surface area contributed by atoms with Crippen molar-refractivity contribution in [1.29, 1.82) is 0 Å². The zero-order valence-electron chi connectivity index (χ0n) is 16.9. The van der Waals surface area contributed by atoms with Crippen LogP contribution < -0.4 is 11.0 Å². The van der Waals surface area contributed by atoms with Crippen molar-refractivity contribution in [2.75, 3.05) is 5.75 Å². The van der Waals surface area contributed by atoms with Crippen molar-refractivity contribution < 1.29 is 4.79 Å². The van der Waals surface area contributed by atoms with Crippen molar-refractivity contribution in [3.05, 3.63) is 105 Å². The largest absolute Gasteiger partial charge is 0.349 e. The molecule has 1 heterocycles. The molecule has 7 heteroatoms. The lowest BCUT2D eigenvalue weighted by molar-refractivity contribution is -0.119. The van der Waals surface area contributed by atoms with E-state index < -0.39 is 0 Å². The maximum absolute atomic E-state index is 12.7. The third-order valence-corrected chi connectivity index (χ3v) is 6.63. The van der Waals surface area contributed by atoms with E-state index >= 15 is 0 Å². The molecule has 5 nitrogen and oxygen atoms in total. The molecule has 0 fully saturated rings. The summed E-state index contributed by atoms with van der Waals surface area (Å²) in [4.78, 5) is 29.6. The van der Waals surface area contributed by atoms with Gasteiger partial charge in [0, 0.05) is 5.02 Å². The van der Waals surface area contributed by atoms with Gasteiger partial charge in [0.1, 0.15) is 0 Å². The summed E-state index contributed by atoms with van der Waals surface area (Å²) in [7, 11) is 0. The van der Waals surface area contributed by atoms with Gasteiger partial charge in [-0.25, -0.2) is 4.79 Å². The molecule has 0 saturated carbocycles. The molecule has 1 aromatic heterocycles. The van der Waals surface area contributed by atoms with Crippen LogP contribution in [0.4, 0.5) is 0 Å². The molecule has 0 saturated heterocycles. The lowest BCUT2D eigenvalue weighted by Crippen LogP contribution is -2.28. The first-order valence-corrected chi connectivity index (χ1v) is 11.4. The number of aromatic amines is 2. The summed E-state index contributed by atoms with van der Waals surface area (Å²) in [6.45, 7) is 1.93. The van der Waals surface area contributed by atoms with Crippen LogP contribution in [0.1, 0.15) is 34.9 Å². The van der Waals surface area contributed by atoms with Crippen molar-refractivity contribution in [1.82, 2.24) is 15.3 Å². The standard InChI is InChI=1S/C24H22ClN3O2S/c1-15(18-9-12-20-21(13-18)28-24(30)27-20)26-22(29)14-31-23(16-5-3-2-4-6-16)17-7-10-19(25)11-8-17/h2-13,15,23H,14H2,1H3,(H,26,29)(H2,27,28,30). The first kappa shape index (κ1) is 21.3. The number of fused-ring (bicyclic) bond motifs is 1. The Morgan fingerprint density at radius 3 is 2.32 bits per heavy atom. The Labute approximate surface area is 189 Å². The number of carbonyl (C=O) groups is 1. The number of H-pyrrole nitrogens is 2. The molecule has 0 aliphatic heterocycles. The Morgan fingerprint density at radius 2 is 1.58 bits per heavy atom. The van der Waals surface area contributed by atoms with Gasteiger partial charge in [0.2, 0.25) is 5.91 Å². The van der Waals surface area contributed by atoms with E-state index in [1.54, 1.807) is 11.8 Å². The normalized spacial score (nSPS) is 13.1. The van der Waals surface area contributed by atoms with Crippen molar-refractivity contribution in [3.63, 3.8) is 0 Å². The first-order chi connectivity index (χ1) is 15.0. The molecule has 1 amide bonds. The topological polar surface area (TPSA) is 77.8 Å². The average Bonchev–Trinajstić information content (AvgIpc) is 3.15. The van der Waals surface area contributed by atoms with Crippen LogP contribution in [-0.4, -0.2) is 21.6 Å². The van der Waals surface area contributed by atoms with Gasteiger partial charge in [-0.15, -0.1) is 11.8 Å². The van der Waals surface area contributed by atoms with Gasteiger partial charge in [0.25, 0.3) is 0 Å². The van der Waals surface area contributed by atoms with Crippen molar-refractivity contribution >= 4 is 40.3 Å². The lowest BCUT2D eigenvalue weighted by Gasteiger charge is -2.19. The quantitative estimate of drug-likeness (QED) is 0.361. The molecule has 0 spiro atoms. The highest BCUT2D eigenvalue weighted by Gasteiger charge is 2.18. The predicted octanol–water partition coefficient (Wildman–Crippen LogP) is 5.21. The van der Waals surface area contributed by atoms with Crippen LogP contribution in [-0.2, 0) is 4.79 Å². The fraction of sp³-hybridized carbons (Fsp3) is 0.167. The molecule has 0 aliphatic rings. The van der Waals surface area contributed by atoms with Gasteiger partial charge >= 0.3 is 5.69 Å². The number of nitrogens with one attached hydrogen (secondary N) is 3. The zero-order chi connectivity index (χ0) is 21.8. The zero-order valence-corrected chi connectivity index (χ0v) is 18.5. The molecule has 3 N–H and O–H groups in total. The number of hydrogen-bond donors (Lipinski definition) is 3. The van der Waals surface area contributed by atoms with Crippen LogP contribution in [0, 0.1) is 0 Å². The summed E-state index contributed by atoms with van der Waals surface area (Å²) in [5.41, 5.74) is 4.40. The first-order valence-electron chi connectivity index (χ1n) is 9.93. The molecule has 0 bridgehead atoms. The molecular formula is C24H22ClN3O2S. The molecule has 158 valence electrons. The SMILES string of the molecule is CC(NC(=O)CSC(c1ccccc1)c1ccc(Cl)cc1)c1ccc2[nH]c(=O)[nH]c2c1. The van der Waals surface area contributed by atoms with E-state index in [1.807, 2.05) is 67.6 Å². The van der Waals surface area contributed by atoms with Crippen LogP contribution in [0.3, 0.4) is 0 Å². The molecule has 2 unspecified atom stereocenters. The smallest absolute Gasteiger partial charge is 0.323 e. The minimum absolute atomic E-state index is 0.0285. The molecule has 2 atom stereocenters. The fourth-order valence-corrected chi connectivity index (χ4v) is 4.72. The molecular weight excluding hydrogens is 430 g/mol. The van der Waals surface area contributed by atoms with Gasteiger partial charge in [-0.05, 0) is 47.9 Å². The number of hydrogen-bond acceptors (Lipinski definition) is 3. The molecule has 0 radical (unpaired) electrons. The number of imidazole rings is 1. The summed E-state index contributed by atoms with van der Waals surface area (Å²) >= 11 is 7.63. The van der Waals surface area contributed by atoms with E-state index in [9.17, 15) is 9.59 Å². The lowest BCUT2D eigenvalue weighted by atomic mass is 10.0. The van der Waals surface area contributed by atoms with Gasteiger partial charge in [-0.1, -0.05) is 60.1 Å². The fourth-order valence-electron chi connectivity index (χ4n) is 3.50. The van der Waals surface area contributed by atoms with Crippen molar-refractivity contribution in [2.24, 2.45) is 0 Å². The number of rotatable bonds is 7. The second-order valence-corrected chi connectivity index (χ2v) is 8.86. The van der Waals surface area contributed by atoms with E-state index in [1.165, 1.54) is 0 Å². The molecule has 0 aliphatic carbocycles.